The van der Waals surface area contributed by atoms with Crippen LogP contribution < -0.4 is 14.0 Å². The van der Waals surface area contributed by atoms with Crippen molar-refractivity contribution in [2.24, 2.45) is 5.92 Å². The number of hydrogen-bond acceptors (Lipinski definition) is 3. The van der Waals surface area contributed by atoms with Gasteiger partial charge in [0, 0.05) is 10.8 Å². The largest absolute Gasteiger partial charge is 0.493 e. The van der Waals surface area contributed by atoms with Gasteiger partial charge in [0.2, 0.25) is 12.1 Å². The van der Waals surface area contributed by atoms with Crippen LogP contribution in [0.5, 0.6) is 11.5 Å². The van der Waals surface area contributed by atoms with Crippen LogP contribution in [0, 0.1) is 5.92 Å². The Morgan fingerprint density at radius 3 is 2.04 bits per heavy atom. The van der Waals surface area contributed by atoms with Crippen LogP contribution in [0.4, 0.5) is 0 Å². The molecule has 45 heavy (non-hydrogen) atoms. The SMILES string of the molecule is CCCCCCCCOc1cc(C(=O)C[n+]2cn(CCC(C)C)c3ccccc32)c(OCCCCCCCC)c2ccccc12. The normalized spacial score (nSPS) is 11.6. The van der Waals surface area contributed by atoms with Gasteiger partial charge < -0.3 is 9.47 Å². The van der Waals surface area contributed by atoms with Gasteiger partial charge in [0.05, 0.1) is 25.3 Å². The zero-order valence-electron chi connectivity index (χ0n) is 28.5. The number of fused-ring (bicyclic) bond motifs is 2. The molecule has 1 heterocycles. The minimum Gasteiger partial charge on any atom is -0.493 e. The Kier molecular flexibility index (Phi) is 14.3. The summed E-state index contributed by atoms with van der Waals surface area (Å²) in [6.45, 7) is 11.4. The summed E-state index contributed by atoms with van der Waals surface area (Å²) in [7, 11) is 0. The van der Waals surface area contributed by atoms with E-state index in [1.807, 2.05) is 18.2 Å². The van der Waals surface area contributed by atoms with E-state index in [1.54, 1.807) is 0 Å². The van der Waals surface area contributed by atoms with Crippen molar-refractivity contribution in [2.75, 3.05) is 13.2 Å². The number of aryl methyl sites for hydroxylation is 1. The first kappa shape index (κ1) is 34.5. The van der Waals surface area contributed by atoms with Gasteiger partial charge in [0.25, 0.3) is 0 Å². The molecular weight excluding hydrogens is 556 g/mol. The second-order valence-corrected chi connectivity index (χ2v) is 13.1. The molecule has 0 aliphatic carbocycles. The molecule has 5 heteroatoms. The standard InChI is InChI=1S/C40H57N2O3/c1-5-7-9-11-13-19-27-44-39-29-35(40(34-22-16-15-21-33(34)39)45-28-20-14-12-10-8-6-2)38(43)30-42-31-41(26-25-32(3)4)36-23-17-18-24-37(36)42/h15-18,21-24,29,31-32H,5-14,19-20,25-28,30H2,1-4H3/q+1. The summed E-state index contributed by atoms with van der Waals surface area (Å²) < 4.78 is 17.3. The van der Waals surface area contributed by atoms with Crippen LogP contribution in [0.2, 0.25) is 0 Å². The summed E-state index contributed by atoms with van der Waals surface area (Å²) >= 11 is 0. The smallest absolute Gasteiger partial charge is 0.245 e. The third-order valence-electron chi connectivity index (χ3n) is 8.80. The third kappa shape index (κ3) is 10.1. The van der Waals surface area contributed by atoms with Gasteiger partial charge in [0.1, 0.15) is 11.5 Å². The summed E-state index contributed by atoms with van der Waals surface area (Å²) in [5.74, 6) is 2.12. The minimum absolute atomic E-state index is 0.0416. The molecule has 3 aromatic carbocycles. The van der Waals surface area contributed by atoms with E-state index >= 15 is 0 Å². The van der Waals surface area contributed by atoms with E-state index in [4.69, 9.17) is 9.47 Å². The Balaban J connectivity index is 1.60. The third-order valence-corrected chi connectivity index (χ3v) is 8.80. The quantitative estimate of drug-likeness (QED) is 0.0503. The Labute approximate surface area is 271 Å². The molecule has 1 aromatic heterocycles. The molecule has 0 atom stereocenters. The summed E-state index contributed by atoms with van der Waals surface area (Å²) in [4.78, 5) is 14.3. The number of rotatable bonds is 22. The van der Waals surface area contributed by atoms with E-state index in [1.165, 1.54) is 57.8 Å². The number of Topliss-reactive ketones (excluding diaryl/α,β-unsaturated/α-hetero) is 1. The molecule has 0 N–H and O–H groups in total. The lowest BCUT2D eigenvalue weighted by molar-refractivity contribution is -0.658. The van der Waals surface area contributed by atoms with Crippen LogP contribution in [-0.4, -0.2) is 23.6 Å². The molecule has 4 rings (SSSR count). The van der Waals surface area contributed by atoms with E-state index in [-0.39, 0.29) is 12.3 Å². The van der Waals surface area contributed by atoms with E-state index in [9.17, 15) is 4.79 Å². The maximum Gasteiger partial charge on any atom is 0.245 e. The van der Waals surface area contributed by atoms with Crippen LogP contribution in [0.15, 0.2) is 60.9 Å². The molecule has 0 saturated heterocycles. The zero-order valence-corrected chi connectivity index (χ0v) is 28.5. The fourth-order valence-electron chi connectivity index (χ4n) is 6.10. The molecular formula is C40H57N2O3+. The van der Waals surface area contributed by atoms with Crippen LogP contribution in [0.1, 0.15) is 122 Å². The van der Waals surface area contributed by atoms with E-state index in [0.29, 0.717) is 30.4 Å². The number of ether oxygens (including phenoxy) is 2. The lowest BCUT2D eigenvalue weighted by Gasteiger charge is -2.17. The molecule has 0 unspecified atom stereocenters. The first-order valence-corrected chi connectivity index (χ1v) is 17.8. The molecule has 5 nitrogen and oxygen atoms in total. The number of imidazole rings is 1. The van der Waals surface area contributed by atoms with Crippen LogP contribution >= 0.6 is 0 Å². The van der Waals surface area contributed by atoms with Crippen molar-refractivity contribution in [3.8, 4) is 11.5 Å². The molecule has 0 amide bonds. The zero-order chi connectivity index (χ0) is 31.9. The van der Waals surface area contributed by atoms with Crippen molar-refractivity contribution in [1.29, 1.82) is 0 Å². The van der Waals surface area contributed by atoms with Crippen LogP contribution in [0.25, 0.3) is 21.8 Å². The van der Waals surface area contributed by atoms with E-state index in [0.717, 1.165) is 59.8 Å². The second kappa shape index (κ2) is 18.6. The Morgan fingerprint density at radius 2 is 1.36 bits per heavy atom. The maximum atomic E-state index is 14.3. The molecule has 0 aliphatic rings. The van der Waals surface area contributed by atoms with Crippen molar-refractivity contribution in [3.63, 3.8) is 0 Å². The fourth-order valence-corrected chi connectivity index (χ4v) is 6.10. The van der Waals surface area contributed by atoms with Gasteiger partial charge in [-0.1, -0.05) is 128 Å². The number of hydrogen-bond donors (Lipinski definition) is 0. The number of carbonyl (C=O) groups excluding carboxylic acids is 1. The number of ketones is 1. The highest BCUT2D eigenvalue weighted by atomic mass is 16.5. The highest BCUT2D eigenvalue weighted by molar-refractivity contribution is 6.06. The predicted molar refractivity (Wildman–Crippen MR) is 188 cm³/mol. The van der Waals surface area contributed by atoms with Gasteiger partial charge in [-0.15, -0.1) is 0 Å². The summed E-state index contributed by atoms with van der Waals surface area (Å²) in [6, 6.07) is 18.6. The topological polar surface area (TPSA) is 44.3 Å². The number of para-hydroxylation sites is 2. The Bertz CT molecular complexity index is 1470. The first-order chi connectivity index (χ1) is 22.0. The van der Waals surface area contributed by atoms with Gasteiger partial charge in [-0.25, -0.2) is 9.13 Å². The van der Waals surface area contributed by atoms with Gasteiger partial charge in [0.15, 0.2) is 17.6 Å². The maximum absolute atomic E-state index is 14.3. The molecule has 0 aliphatic heterocycles. The number of nitrogens with zero attached hydrogens (tertiary/aromatic N) is 2. The molecule has 244 valence electrons. The van der Waals surface area contributed by atoms with Gasteiger partial charge in [-0.3, -0.25) is 4.79 Å². The average Bonchev–Trinajstić information content (AvgIpc) is 3.40. The van der Waals surface area contributed by atoms with Gasteiger partial charge in [-0.2, -0.15) is 0 Å². The fraction of sp³-hybridized carbons (Fsp3) is 0.550. The van der Waals surface area contributed by atoms with Crippen molar-refractivity contribution >= 4 is 27.6 Å². The first-order valence-electron chi connectivity index (χ1n) is 17.8. The molecule has 0 saturated carbocycles. The average molecular weight is 614 g/mol. The monoisotopic (exact) mass is 613 g/mol. The highest BCUT2D eigenvalue weighted by Gasteiger charge is 2.24. The van der Waals surface area contributed by atoms with Crippen molar-refractivity contribution < 1.29 is 18.8 Å². The van der Waals surface area contributed by atoms with Crippen molar-refractivity contribution in [2.45, 2.75) is 124 Å². The van der Waals surface area contributed by atoms with Gasteiger partial charge in [-0.05, 0) is 43.4 Å². The Hall–Kier alpha value is -3.34. The molecule has 0 fully saturated rings. The highest BCUT2D eigenvalue weighted by Crippen LogP contribution is 2.38. The van der Waals surface area contributed by atoms with Crippen molar-refractivity contribution in [1.82, 2.24) is 4.57 Å². The van der Waals surface area contributed by atoms with Crippen LogP contribution in [0.3, 0.4) is 0 Å². The van der Waals surface area contributed by atoms with E-state index < -0.39 is 0 Å². The summed E-state index contributed by atoms with van der Waals surface area (Å²) in [5.41, 5.74) is 2.85. The lowest BCUT2D eigenvalue weighted by atomic mass is 10.0. The van der Waals surface area contributed by atoms with Crippen LogP contribution in [-0.2, 0) is 13.1 Å². The summed E-state index contributed by atoms with van der Waals surface area (Å²) in [6.07, 6.45) is 17.6. The van der Waals surface area contributed by atoms with Crippen molar-refractivity contribution in [3.05, 3.63) is 66.5 Å². The molecule has 0 radical (unpaired) electrons. The molecule has 0 spiro atoms. The van der Waals surface area contributed by atoms with E-state index in [2.05, 4.69) is 79.6 Å². The predicted octanol–water partition coefficient (Wildman–Crippen LogP) is 10.5. The number of benzene rings is 3. The second-order valence-electron chi connectivity index (χ2n) is 13.1. The molecule has 0 bridgehead atoms. The minimum atomic E-state index is 0.0416. The number of aromatic nitrogens is 2. The lowest BCUT2D eigenvalue weighted by Crippen LogP contribution is -2.37. The Morgan fingerprint density at radius 1 is 0.756 bits per heavy atom. The number of unbranched alkanes of at least 4 members (excludes halogenated alkanes) is 10. The molecule has 4 aromatic rings. The summed E-state index contributed by atoms with van der Waals surface area (Å²) in [5, 5.41) is 1.97. The van der Waals surface area contributed by atoms with Gasteiger partial charge >= 0.3 is 0 Å². The number of carbonyl (C=O) groups is 1.